The average molecular weight is 348 g/mol. The van der Waals surface area contributed by atoms with E-state index in [1.54, 1.807) is 19.9 Å². The molecule has 24 heavy (non-hydrogen) atoms. The summed E-state index contributed by atoms with van der Waals surface area (Å²) in [7, 11) is -0.665. The van der Waals surface area contributed by atoms with E-state index in [2.05, 4.69) is 15.3 Å². The maximum absolute atomic E-state index is 12.3. The number of nitrogens with one attached hydrogen (secondary N) is 1. The molecule has 0 saturated heterocycles. The van der Waals surface area contributed by atoms with Crippen LogP contribution in [0.3, 0.4) is 0 Å². The molecule has 0 bridgehead atoms. The Bertz CT molecular complexity index is 875. The van der Waals surface area contributed by atoms with Crippen LogP contribution in [-0.4, -0.2) is 42.7 Å². The molecule has 128 valence electrons. The summed E-state index contributed by atoms with van der Waals surface area (Å²) < 4.78 is 25.8. The lowest BCUT2D eigenvalue weighted by molar-refractivity contribution is 0.102. The predicted molar refractivity (Wildman–Crippen MR) is 91.5 cm³/mol. The molecule has 0 saturated carbocycles. The number of anilines is 1. The number of hydrogen-bond donors (Lipinski definition) is 1. The van der Waals surface area contributed by atoms with Gasteiger partial charge in [-0.05, 0) is 44.0 Å². The van der Waals surface area contributed by atoms with Crippen molar-refractivity contribution in [3.63, 3.8) is 0 Å². The molecular formula is C16H20N4O3S. The molecular weight excluding hydrogens is 328 g/mol. The highest BCUT2D eigenvalue weighted by atomic mass is 32.2. The molecule has 8 heteroatoms. The van der Waals surface area contributed by atoms with Crippen LogP contribution in [0, 0.1) is 20.8 Å². The summed E-state index contributed by atoms with van der Waals surface area (Å²) in [6.45, 7) is 5.39. The number of sulfonamides is 1. The minimum atomic E-state index is -3.59. The van der Waals surface area contributed by atoms with E-state index in [9.17, 15) is 13.2 Å². The molecule has 2 aromatic rings. The van der Waals surface area contributed by atoms with Gasteiger partial charge in [0.05, 0.1) is 16.8 Å². The molecule has 1 aromatic carbocycles. The van der Waals surface area contributed by atoms with Crippen LogP contribution >= 0.6 is 0 Å². The Morgan fingerprint density at radius 2 is 1.75 bits per heavy atom. The van der Waals surface area contributed by atoms with E-state index in [4.69, 9.17) is 0 Å². The molecule has 2 rings (SSSR count). The second-order valence-electron chi connectivity index (χ2n) is 5.70. The van der Waals surface area contributed by atoms with Crippen LogP contribution in [0.15, 0.2) is 29.4 Å². The molecule has 0 aliphatic carbocycles. The van der Waals surface area contributed by atoms with E-state index in [0.717, 1.165) is 15.4 Å². The Labute approximate surface area is 141 Å². The number of nitrogens with zero attached hydrogens (tertiary/aromatic N) is 3. The molecule has 1 heterocycles. The predicted octanol–water partition coefficient (Wildman–Crippen LogP) is 1.90. The molecule has 0 radical (unpaired) electrons. The van der Waals surface area contributed by atoms with Gasteiger partial charge in [-0.15, -0.1) is 0 Å². The Balaban J connectivity index is 2.41. The SMILES string of the molecule is Cc1cnc(C(=O)Nc2cc(S(=O)(=O)N(C)C)cc(C)c2C)cn1. The summed E-state index contributed by atoms with van der Waals surface area (Å²) in [4.78, 5) is 20.5. The highest BCUT2D eigenvalue weighted by Gasteiger charge is 2.20. The lowest BCUT2D eigenvalue weighted by Crippen LogP contribution is -2.23. The van der Waals surface area contributed by atoms with Gasteiger partial charge >= 0.3 is 0 Å². The number of hydrogen-bond acceptors (Lipinski definition) is 5. The number of amides is 1. The minimum absolute atomic E-state index is 0.126. The van der Waals surface area contributed by atoms with Crippen molar-refractivity contribution in [3.8, 4) is 0 Å². The van der Waals surface area contributed by atoms with Crippen LogP contribution in [0.2, 0.25) is 0 Å². The first kappa shape index (κ1) is 18.0. The van der Waals surface area contributed by atoms with E-state index in [0.29, 0.717) is 11.4 Å². The Hall–Kier alpha value is -2.32. The van der Waals surface area contributed by atoms with Crippen molar-refractivity contribution in [3.05, 3.63) is 47.0 Å². The molecule has 0 spiro atoms. The molecule has 0 atom stereocenters. The molecule has 1 N–H and O–H groups in total. The van der Waals surface area contributed by atoms with Crippen LogP contribution in [0.1, 0.15) is 27.3 Å². The fourth-order valence-electron chi connectivity index (χ4n) is 2.01. The normalized spacial score (nSPS) is 11.6. The largest absolute Gasteiger partial charge is 0.320 e. The first-order valence-corrected chi connectivity index (χ1v) is 8.70. The fraction of sp³-hybridized carbons (Fsp3) is 0.312. The van der Waals surface area contributed by atoms with Crippen molar-refractivity contribution in [2.75, 3.05) is 19.4 Å². The summed E-state index contributed by atoms with van der Waals surface area (Å²) in [5.41, 5.74) is 2.86. The molecule has 0 aliphatic heterocycles. The van der Waals surface area contributed by atoms with Crippen molar-refractivity contribution in [1.29, 1.82) is 0 Å². The first-order chi connectivity index (χ1) is 11.1. The number of aromatic nitrogens is 2. The summed E-state index contributed by atoms with van der Waals surface area (Å²) in [5, 5.41) is 2.71. The highest BCUT2D eigenvalue weighted by Crippen LogP contribution is 2.25. The van der Waals surface area contributed by atoms with Gasteiger partial charge in [-0.25, -0.2) is 17.7 Å². The van der Waals surface area contributed by atoms with Crippen LogP contribution in [0.25, 0.3) is 0 Å². The number of rotatable bonds is 4. The van der Waals surface area contributed by atoms with Crippen LogP contribution in [-0.2, 0) is 10.0 Å². The minimum Gasteiger partial charge on any atom is -0.320 e. The number of carbonyl (C=O) groups excluding carboxylic acids is 1. The number of benzene rings is 1. The highest BCUT2D eigenvalue weighted by molar-refractivity contribution is 7.89. The van der Waals surface area contributed by atoms with Crippen LogP contribution in [0.4, 0.5) is 5.69 Å². The average Bonchev–Trinajstić information content (AvgIpc) is 2.51. The zero-order valence-corrected chi connectivity index (χ0v) is 15.1. The van der Waals surface area contributed by atoms with E-state index in [-0.39, 0.29) is 10.6 Å². The summed E-state index contributed by atoms with van der Waals surface area (Å²) in [6.07, 6.45) is 2.88. The van der Waals surface area contributed by atoms with Gasteiger partial charge in [0.15, 0.2) is 0 Å². The summed E-state index contributed by atoms with van der Waals surface area (Å²) in [5.74, 6) is -0.440. The third-order valence-electron chi connectivity index (χ3n) is 3.68. The van der Waals surface area contributed by atoms with Gasteiger partial charge in [0.1, 0.15) is 5.69 Å². The van der Waals surface area contributed by atoms with Crippen LogP contribution in [0.5, 0.6) is 0 Å². The summed E-state index contributed by atoms with van der Waals surface area (Å²) in [6, 6.07) is 3.04. The first-order valence-electron chi connectivity index (χ1n) is 7.26. The van der Waals surface area contributed by atoms with E-state index in [1.807, 2.05) is 6.92 Å². The summed E-state index contributed by atoms with van der Waals surface area (Å²) >= 11 is 0. The third-order valence-corrected chi connectivity index (χ3v) is 5.47. The zero-order chi connectivity index (χ0) is 18.1. The monoisotopic (exact) mass is 348 g/mol. The topological polar surface area (TPSA) is 92.3 Å². The lowest BCUT2D eigenvalue weighted by atomic mass is 10.1. The standard InChI is InChI=1S/C16H20N4O3S/c1-10-6-13(24(22,23)20(4)5)7-14(12(10)3)19-16(21)15-9-17-11(2)8-18-15/h6-9H,1-5H3,(H,19,21). The van der Waals surface area contributed by atoms with Gasteiger partial charge in [-0.2, -0.15) is 0 Å². The van der Waals surface area contributed by atoms with Crippen molar-refractivity contribution < 1.29 is 13.2 Å². The second kappa shape index (κ2) is 6.66. The van der Waals surface area contributed by atoms with Crippen molar-refractivity contribution in [2.45, 2.75) is 25.7 Å². The van der Waals surface area contributed by atoms with E-state index in [1.165, 1.54) is 32.6 Å². The fourth-order valence-corrected chi connectivity index (χ4v) is 3.03. The second-order valence-corrected chi connectivity index (χ2v) is 7.85. The van der Waals surface area contributed by atoms with Gasteiger partial charge in [-0.3, -0.25) is 9.78 Å². The van der Waals surface area contributed by atoms with Gasteiger partial charge in [0.2, 0.25) is 10.0 Å². The smallest absolute Gasteiger partial charge is 0.275 e. The van der Waals surface area contributed by atoms with E-state index >= 15 is 0 Å². The Morgan fingerprint density at radius 1 is 1.08 bits per heavy atom. The van der Waals surface area contributed by atoms with E-state index < -0.39 is 15.9 Å². The molecule has 7 nitrogen and oxygen atoms in total. The third kappa shape index (κ3) is 3.60. The van der Waals surface area contributed by atoms with Gasteiger partial charge in [0.25, 0.3) is 5.91 Å². The van der Waals surface area contributed by atoms with Gasteiger partial charge in [-0.1, -0.05) is 0 Å². The molecule has 0 unspecified atom stereocenters. The maximum Gasteiger partial charge on any atom is 0.275 e. The maximum atomic E-state index is 12.3. The van der Waals surface area contributed by atoms with Crippen molar-refractivity contribution >= 4 is 21.6 Å². The molecule has 1 aromatic heterocycles. The van der Waals surface area contributed by atoms with Gasteiger partial charge < -0.3 is 5.32 Å². The lowest BCUT2D eigenvalue weighted by Gasteiger charge is -2.16. The Morgan fingerprint density at radius 3 is 2.29 bits per heavy atom. The van der Waals surface area contributed by atoms with Crippen molar-refractivity contribution in [2.24, 2.45) is 0 Å². The number of aryl methyl sites for hydroxylation is 2. The molecule has 0 aliphatic rings. The molecule has 0 fully saturated rings. The van der Waals surface area contributed by atoms with Crippen molar-refractivity contribution in [1.82, 2.24) is 14.3 Å². The molecule has 1 amide bonds. The Kier molecular flexibility index (Phi) is 5.00. The number of carbonyl (C=O) groups is 1. The van der Waals surface area contributed by atoms with Crippen LogP contribution < -0.4 is 5.32 Å². The quantitative estimate of drug-likeness (QED) is 0.911. The van der Waals surface area contributed by atoms with Gasteiger partial charge in [0, 0.05) is 26.0 Å². The zero-order valence-electron chi connectivity index (χ0n) is 14.3.